The zero-order chi connectivity index (χ0) is 20.1. The number of non-ortho nitro benzene ring substituents is 1. The molecule has 0 fully saturated rings. The molecule has 0 heterocycles. The standard InChI is InChI=1S/C21H18N2O5/c1-28-19-7-5-15-10-14(2-4-16(15)12-19)3-9-21(25)22-13-17-11-18(23(26)27)6-8-20(17)24/h2-12,24H,13H2,1H3,(H,22,25)/b9-3+. The number of hydrogen-bond donors (Lipinski definition) is 2. The molecule has 2 N–H and O–H groups in total. The van der Waals surface area contributed by atoms with Crippen molar-refractivity contribution < 1.29 is 19.6 Å². The first kappa shape index (κ1) is 18.9. The third kappa shape index (κ3) is 4.45. The van der Waals surface area contributed by atoms with Crippen LogP contribution in [0.4, 0.5) is 5.69 Å². The predicted octanol–water partition coefficient (Wildman–Crippen LogP) is 3.79. The zero-order valence-corrected chi connectivity index (χ0v) is 15.1. The largest absolute Gasteiger partial charge is 0.508 e. The minimum absolute atomic E-state index is 0.0196. The monoisotopic (exact) mass is 378 g/mol. The van der Waals surface area contributed by atoms with Gasteiger partial charge >= 0.3 is 0 Å². The number of fused-ring (bicyclic) bond motifs is 1. The van der Waals surface area contributed by atoms with E-state index in [-0.39, 0.29) is 29.5 Å². The Balaban J connectivity index is 1.66. The van der Waals surface area contributed by atoms with Crippen molar-refractivity contribution in [3.8, 4) is 11.5 Å². The maximum atomic E-state index is 12.0. The van der Waals surface area contributed by atoms with Gasteiger partial charge < -0.3 is 15.2 Å². The lowest BCUT2D eigenvalue weighted by molar-refractivity contribution is -0.384. The Kier molecular flexibility index (Phi) is 5.55. The van der Waals surface area contributed by atoms with Crippen molar-refractivity contribution in [3.63, 3.8) is 0 Å². The topological polar surface area (TPSA) is 102 Å². The van der Waals surface area contributed by atoms with Crippen molar-refractivity contribution in [2.24, 2.45) is 0 Å². The summed E-state index contributed by atoms with van der Waals surface area (Å²) in [7, 11) is 1.62. The van der Waals surface area contributed by atoms with Crippen LogP contribution in [0.15, 0.2) is 60.7 Å². The first-order valence-electron chi connectivity index (χ1n) is 8.46. The van der Waals surface area contributed by atoms with Crippen molar-refractivity contribution in [2.75, 3.05) is 7.11 Å². The number of benzene rings is 3. The van der Waals surface area contributed by atoms with Gasteiger partial charge in [-0.3, -0.25) is 14.9 Å². The fraction of sp³-hybridized carbons (Fsp3) is 0.0952. The van der Waals surface area contributed by atoms with Crippen LogP contribution in [0.5, 0.6) is 11.5 Å². The van der Waals surface area contributed by atoms with Crippen molar-refractivity contribution in [3.05, 3.63) is 81.9 Å². The molecule has 0 aliphatic carbocycles. The lowest BCUT2D eigenvalue weighted by Gasteiger charge is -2.05. The van der Waals surface area contributed by atoms with Crippen LogP contribution in [0.1, 0.15) is 11.1 Å². The van der Waals surface area contributed by atoms with Gasteiger partial charge in [-0.25, -0.2) is 0 Å². The SMILES string of the molecule is COc1ccc2cc(/C=C/C(=O)NCc3cc([N+](=O)[O-])ccc3O)ccc2c1. The summed E-state index contributed by atoms with van der Waals surface area (Å²) >= 11 is 0. The molecule has 3 aromatic carbocycles. The molecule has 0 bridgehead atoms. The number of nitro groups is 1. The number of aromatic hydroxyl groups is 1. The Hall–Kier alpha value is -3.87. The number of phenols is 1. The molecule has 142 valence electrons. The van der Waals surface area contributed by atoms with E-state index in [9.17, 15) is 20.0 Å². The second kappa shape index (κ2) is 8.22. The second-order valence-electron chi connectivity index (χ2n) is 6.09. The van der Waals surface area contributed by atoms with Crippen molar-refractivity contribution in [1.82, 2.24) is 5.32 Å². The number of carbonyl (C=O) groups is 1. The highest BCUT2D eigenvalue weighted by Gasteiger charge is 2.10. The van der Waals surface area contributed by atoms with Crippen LogP contribution in [0.2, 0.25) is 0 Å². The third-order valence-electron chi connectivity index (χ3n) is 4.23. The molecule has 0 unspecified atom stereocenters. The Labute approximate surface area is 161 Å². The first-order valence-corrected chi connectivity index (χ1v) is 8.46. The van der Waals surface area contributed by atoms with Crippen LogP contribution in [0.3, 0.4) is 0 Å². The maximum Gasteiger partial charge on any atom is 0.270 e. The molecule has 3 aromatic rings. The number of amides is 1. The summed E-state index contributed by atoms with van der Waals surface area (Å²) in [6, 6.07) is 15.2. The number of nitrogens with zero attached hydrogens (tertiary/aromatic N) is 1. The summed E-state index contributed by atoms with van der Waals surface area (Å²) in [6.07, 6.45) is 3.05. The van der Waals surface area contributed by atoms with E-state index in [1.165, 1.54) is 24.3 Å². The van der Waals surface area contributed by atoms with Gasteiger partial charge in [0.2, 0.25) is 5.91 Å². The predicted molar refractivity (Wildman–Crippen MR) is 106 cm³/mol. The van der Waals surface area contributed by atoms with E-state index in [1.807, 2.05) is 36.4 Å². The van der Waals surface area contributed by atoms with Gasteiger partial charge in [0.15, 0.2) is 0 Å². The highest BCUT2D eigenvalue weighted by atomic mass is 16.6. The number of ether oxygens (including phenoxy) is 1. The number of rotatable bonds is 6. The van der Waals surface area contributed by atoms with Crippen molar-refractivity contribution in [1.29, 1.82) is 0 Å². The summed E-state index contributed by atoms with van der Waals surface area (Å²) in [5, 5.41) is 25.2. The van der Waals surface area contributed by atoms with Gasteiger partial charge in [-0.1, -0.05) is 18.2 Å². The Morgan fingerprint density at radius 1 is 1.14 bits per heavy atom. The van der Waals surface area contributed by atoms with E-state index < -0.39 is 4.92 Å². The summed E-state index contributed by atoms with van der Waals surface area (Å²) in [6.45, 7) is -0.0196. The normalized spacial score (nSPS) is 10.9. The Morgan fingerprint density at radius 3 is 2.64 bits per heavy atom. The lowest BCUT2D eigenvalue weighted by atomic mass is 10.1. The average Bonchev–Trinajstić information content (AvgIpc) is 2.70. The number of hydrogen-bond acceptors (Lipinski definition) is 5. The molecule has 0 aliphatic rings. The van der Waals surface area contributed by atoms with Gasteiger partial charge in [-0.15, -0.1) is 0 Å². The molecule has 7 nitrogen and oxygen atoms in total. The minimum atomic E-state index is -0.556. The molecule has 0 saturated heterocycles. The quantitative estimate of drug-likeness (QED) is 0.386. The number of nitrogens with one attached hydrogen (secondary N) is 1. The number of methoxy groups -OCH3 is 1. The van der Waals surface area contributed by atoms with E-state index in [0.717, 1.165) is 22.1 Å². The molecule has 3 rings (SSSR count). The zero-order valence-electron chi connectivity index (χ0n) is 15.1. The molecule has 7 heteroatoms. The van der Waals surface area contributed by atoms with E-state index in [4.69, 9.17) is 4.74 Å². The minimum Gasteiger partial charge on any atom is -0.508 e. The van der Waals surface area contributed by atoms with Gasteiger partial charge in [0.05, 0.1) is 12.0 Å². The lowest BCUT2D eigenvalue weighted by Crippen LogP contribution is -2.20. The summed E-state index contributed by atoms with van der Waals surface area (Å²) in [4.78, 5) is 22.3. The Morgan fingerprint density at radius 2 is 1.89 bits per heavy atom. The molecule has 0 aromatic heterocycles. The number of nitro benzene ring substituents is 1. The molecular weight excluding hydrogens is 360 g/mol. The van der Waals surface area contributed by atoms with E-state index >= 15 is 0 Å². The highest BCUT2D eigenvalue weighted by Crippen LogP contribution is 2.23. The van der Waals surface area contributed by atoms with Gasteiger partial charge in [0, 0.05) is 30.3 Å². The van der Waals surface area contributed by atoms with Crippen LogP contribution in [-0.4, -0.2) is 23.0 Å². The molecule has 0 aliphatic heterocycles. The first-order chi connectivity index (χ1) is 13.5. The van der Waals surface area contributed by atoms with Crippen LogP contribution in [0, 0.1) is 10.1 Å². The average molecular weight is 378 g/mol. The molecule has 0 spiro atoms. The van der Waals surface area contributed by atoms with Crippen molar-refractivity contribution >= 4 is 28.4 Å². The highest BCUT2D eigenvalue weighted by molar-refractivity contribution is 5.93. The fourth-order valence-electron chi connectivity index (χ4n) is 2.71. The summed E-state index contributed by atoms with van der Waals surface area (Å²) < 4.78 is 5.20. The second-order valence-corrected chi connectivity index (χ2v) is 6.09. The molecule has 0 radical (unpaired) electrons. The molecule has 0 atom stereocenters. The maximum absolute atomic E-state index is 12.0. The van der Waals surface area contributed by atoms with Crippen LogP contribution < -0.4 is 10.1 Å². The molecule has 0 saturated carbocycles. The Bertz CT molecular complexity index is 1080. The van der Waals surface area contributed by atoms with Crippen LogP contribution in [-0.2, 0) is 11.3 Å². The van der Waals surface area contributed by atoms with E-state index in [0.29, 0.717) is 0 Å². The summed E-state index contributed by atoms with van der Waals surface area (Å²) in [5.74, 6) is 0.292. The van der Waals surface area contributed by atoms with Crippen LogP contribution >= 0.6 is 0 Å². The molecule has 28 heavy (non-hydrogen) atoms. The van der Waals surface area contributed by atoms with Gasteiger partial charge in [-0.05, 0) is 46.7 Å². The van der Waals surface area contributed by atoms with Gasteiger partial charge in [-0.2, -0.15) is 0 Å². The van der Waals surface area contributed by atoms with Gasteiger partial charge in [0.25, 0.3) is 5.69 Å². The number of carbonyl (C=O) groups excluding carboxylic acids is 1. The third-order valence-corrected chi connectivity index (χ3v) is 4.23. The molecule has 1 amide bonds. The van der Waals surface area contributed by atoms with Crippen LogP contribution in [0.25, 0.3) is 16.8 Å². The number of phenolic OH excluding ortho intramolecular Hbond substituents is 1. The van der Waals surface area contributed by atoms with Crippen molar-refractivity contribution in [2.45, 2.75) is 6.54 Å². The smallest absolute Gasteiger partial charge is 0.270 e. The van der Waals surface area contributed by atoms with E-state index in [2.05, 4.69) is 5.32 Å². The molecular formula is C21H18N2O5. The summed E-state index contributed by atoms with van der Waals surface area (Å²) in [5.41, 5.74) is 0.979. The van der Waals surface area contributed by atoms with Gasteiger partial charge in [0.1, 0.15) is 11.5 Å². The fourth-order valence-corrected chi connectivity index (χ4v) is 2.71. The van der Waals surface area contributed by atoms with E-state index in [1.54, 1.807) is 13.2 Å².